The third-order valence-electron chi connectivity index (χ3n) is 3.56. The van der Waals surface area contributed by atoms with Gasteiger partial charge in [-0.2, -0.15) is 0 Å². The number of likely N-dealkylation sites (tertiary alicyclic amines) is 1. The summed E-state index contributed by atoms with van der Waals surface area (Å²) in [5.41, 5.74) is 1.33. The molecule has 16 heavy (non-hydrogen) atoms. The zero-order valence-corrected chi connectivity index (χ0v) is 11.0. The van der Waals surface area contributed by atoms with Crippen molar-refractivity contribution in [3.05, 3.63) is 22.8 Å². The van der Waals surface area contributed by atoms with Gasteiger partial charge in [-0.3, -0.25) is 4.90 Å². The van der Waals surface area contributed by atoms with E-state index in [1.54, 1.807) is 0 Å². The lowest BCUT2D eigenvalue weighted by molar-refractivity contribution is 0.278. The lowest BCUT2D eigenvalue weighted by Crippen LogP contribution is -2.32. The van der Waals surface area contributed by atoms with Crippen LogP contribution in [0.25, 0.3) is 0 Å². The molecule has 0 spiro atoms. The number of hydrogen-bond donors (Lipinski definition) is 0. The Kier molecular flexibility index (Phi) is 4.06. The largest absolute Gasteiger partial charge is 0.305 e. The second-order valence-corrected chi connectivity index (χ2v) is 5.41. The van der Waals surface area contributed by atoms with E-state index in [0.717, 1.165) is 24.4 Å². The smallest absolute Gasteiger partial charge is 0.0408 e. The number of rotatable bonds is 3. The van der Waals surface area contributed by atoms with Crippen molar-refractivity contribution in [3.63, 3.8) is 0 Å². The van der Waals surface area contributed by atoms with Gasteiger partial charge in [-0.05, 0) is 38.9 Å². The highest BCUT2D eigenvalue weighted by atomic mass is 35.5. The van der Waals surface area contributed by atoms with Crippen LogP contribution in [0.4, 0.5) is 0 Å². The van der Waals surface area contributed by atoms with Gasteiger partial charge in [0, 0.05) is 30.7 Å². The van der Waals surface area contributed by atoms with Crippen LogP contribution in [-0.2, 0) is 0 Å². The van der Waals surface area contributed by atoms with E-state index in [1.807, 2.05) is 0 Å². The highest BCUT2D eigenvalue weighted by Crippen LogP contribution is 2.24. The summed E-state index contributed by atoms with van der Waals surface area (Å²) in [5, 5.41) is 0.972. The van der Waals surface area contributed by atoms with Crippen LogP contribution in [0.2, 0.25) is 0 Å². The second-order valence-electron chi connectivity index (χ2n) is 5.00. The van der Waals surface area contributed by atoms with Crippen molar-refractivity contribution in [2.24, 2.45) is 0 Å². The Hall–Kier alpha value is -0.310. The molecule has 1 atom stereocenters. The minimum atomic E-state index is 0.715. The monoisotopic (exact) mass is 240 g/mol. The molecular formula is C13H21ClN2. The van der Waals surface area contributed by atoms with Gasteiger partial charge in [0.1, 0.15) is 0 Å². The molecule has 1 saturated heterocycles. The van der Waals surface area contributed by atoms with E-state index >= 15 is 0 Å². The van der Waals surface area contributed by atoms with Crippen molar-refractivity contribution in [1.82, 2.24) is 9.80 Å². The van der Waals surface area contributed by atoms with Gasteiger partial charge in [-0.1, -0.05) is 23.8 Å². The van der Waals surface area contributed by atoms with Crippen molar-refractivity contribution in [2.75, 3.05) is 33.7 Å². The fourth-order valence-corrected chi connectivity index (χ4v) is 2.70. The first-order valence-electron chi connectivity index (χ1n) is 6.10. The second kappa shape index (κ2) is 5.35. The molecule has 1 heterocycles. The zero-order valence-electron chi connectivity index (χ0n) is 10.2. The average Bonchev–Trinajstić information content (AvgIpc) is 2.70. The van der Waals surface area contributed by atoms with Crippen molar-refractivity contribution >= 4 is 11.6 Å². The quantitative estimate of drug-likeness (QED) is 0.748. The Bertz CT molecular complexity index is 307. The van der Waals surface area contributed by atoms with Crippen LogP contribution in [0.3, 0.4) is 0 Å². The minimum Gasteiger partial charge on any atom is -0.305 e. The molecular weight excluding hydrogens is 220 g/mol. The molecule has 1 fully saturated rings. The Morgan fingerprint density at radius 3 is 2.75 bits per heavy atom. The molecule has 2 nitrogen and oxygen atoms in total. The lowest BCUT2D eigenvalue weighted by Gasteiger charge is -2.22. The highest BCUT2D eigenvalue weighted by Gasteiger charge is 2.24. The summed E-state index contributed by atoms with van der Waals surface area (Å²) in [6, 6.07) is 0.715. The summed E-state index contributed by atoms with van der Waals surface area (Å²) in [6.07, 6.45) is 7.97. The molecule has 0 N–H and O–H groups in total. The maximum Gasteiger partial charge on any atom is 0.0408 e. The summed E-state index contributed by atoms with van der Waals surface area (Å²) in [5.74, 6) is 0. The van der Waals surface area contributed by atoms with Crippen LogP contribution in [-0.4, -0.2) is 49.6 Å². The number of halogens is 1. The maximum absolute atomic E-state index is 6.22. The van der Waals surface area contributed by atoms with Gasteiger partial charge in [0.05, 0.1) is 0 Å². The first-order chi connectivity index (χ1) is 7.66. The van der Waals surface area contributed by atoms with Crippen LogP contribution < -0.4 is 0 Å². The molecule has 3 heteroatoms. The van der Waals surface area contributed by atoms with Crippen LogP contribution >= 0.6 is 11.6 Å². The predicted octanol–water partition coefficient (Wildman–Crippen LogP) is 2.47. The highest BCUT2D eigenvalue weighted by molar-refractivity contribution is 6.32. The molecule has 90 valence electrons. The van der Waals surface area contributed by atoms with E-state index in [1.165, 1.54) is 25.1 Å². The molecule has 0 radical (unpaired) electrons. The number of allylic oxidation sites excluding steroid dienone is 2. The van der Waals surface area contributed by atoms with Crippen LogP contribution in [0, 0.1) is 0 Å². The van der Waals surface area contributed by atoms with Gasteiger partial charge in [0.2, 0.25) is 0 Å². The fraction of sp³-hybridized carbons (Fsp3) is 0.692. The van der Waals surface area contributed by atoms with Crippen LogP contribution in [0.1, 0.15) is 19.3 Å². The molecule has 2 rings (SSSR count). The number of nitrogens with zero attached hydrogens (tertiary/aromatic N) is 2. The SMILES string of the molecule is CN(C)C1CCN(CC2=CCCC=C2Cl)C1. The van der Waals surface area contributed by atoms with Crippen molar-refractivity contribution in [1.29, 1.82) is 0 Å². The number of likely N-dealkylation sites (N-methyl/N-ethyl adjacent to an activating group) is 1. The molecule has 0 aromatic rings. The van der Waals surface area contributed by atoms with Crippen LogP contribution in [0.15, 0.2) is 22.8 Å². The van der Waals surface area contributed by atoms with E-state index in [9.17, 15) is 0 Å². The summed E-state index contributed by atoms with van der Waals surface area (Å²) >= 11 is 6.22. The Morgan fingerprint density at radius 2 is 2.12 bits per heavy atom. The number of hydrogen-bond acceptors (Lipinski definition) is 2. The van der Waals surface area contributed by atoms with Gasteiger partial charge >= 0.3 is 0 Å². The standard InChI is InChI=1S/C13H21ClN2/c1-15(2)12-7-8-16(10-12)9-11-5-3-4-6-13(11)14/h5-6,12H,3-4,7-10H2,1-2H3. The van der Waals surface area contributed by atoms with E-state index in [0.29, 0.717) is 6.04 Å². The van der Waals surface area contributed by atoms with Crippen molar-refractivity contribution in [2.45, 2.75) is 25.3 Å². The molecule has 0 bridgehead atoms. The van der Waals surface area contributed by atoms with Gasteiger partial charge in [0.15, 0.2) is 0 Å². The molecule has 0 saturated carbocycles. The average molecular weight is 241 g/mol. The lowest BCUT2D eigenvalue weighted by atomic mass is 10.1. The predicted molar refractivity (Wildman–Crippen MR) is 69.8 cm³/mol. The normalized spacial score (nSPS) is 27.1. The molecule has 0 amide bonds. The van der Waals surface area contributed by atoms with Gasteiger partial charge in [-0.25, -0.2) is 0 Å². The summed E-state index contributed by atoms with van der Waals surface area (Å²) in [6.45, 7) is 3.40. The maximum atomic E-state index is 6.22. The van der Waals surface area contributed by atoms with Gasteiger partial charge < -0.3 is 4.90 Å². The molecule has 1 unspecified atom stereocenters. The third kappa shape index (κ3) is 2.88. The summed E-state index contributed by atoms with van der Waals surface area (Å²) < 4.78 is 0. The van der Waals surface area contributed by atoms with E-state index in [2.05, 4.69) is 36.0 Å². The van der Waals surface area contributed by atoms with Gasteiger partial charge in [-0.15, -0.1) is 0 Å². The Labute approximate surface area is 104 Å². The van der Waals surface area contributed by atoms with Crippen molar-refractivity contribution in [3.8, 4) is 0 Å². The Balaban J connectivity index is 1.87. The first kappa shape index (κ1) is 12.2. The minimum absolute atomic E-state index is 0.715. The topological polar surface area (TPSA) is 6.48 Å². The Morgan fingerprint density at radius 1 is 1.38 bits per heavy atom. The first-order valence-corrected chi connectivity index (χ1v) is 6.48. The van der Waals surface area contributed by atoms with Crippen LogP contribution in [0.5, 0.6) is 0 Å². The summed E-state index contributed by atoms with van der Waals surface area (Å²) in [7, 11) is 4.34. The van der Waals surface area contributed by atoms with E-state index in [-0.39, 0.29) is 0 Å². The molecule has 0 aromatic heterocycles. The molecule has 2 aliphatic rings. The van der Waals surface area contributed by atoms with E-state index in [4.69, 9.17) is 11.6 Å². The van der Waals surface area contributed by atoms with E-state index < -0.39 is 0 Å². The molecule has 0 aromatic carbocycles. The fourth-order valence-electron chi connectivity index (χ4n) is 2.45. The van der Waals surface area contributed by atoms with Crippen molar-refractivity contribution < 1.29 is 0 Å². The third-order valence-corrected chi connectivity index (χ3v) is 3.96. The summed E-state index contributed by atoms with van der Waals surface area (Å²) in [4.78, 5) is 4.84. The zero-order chi connectivity index (χ0) is 11.5. The molecule has 1 aliphatic carbocycles. The molecule has 1 aliphatic heterocycles. The van der Waals surface area contributed by atoms with Gasteiger partial charge in [0.25, 0.3) is 0 Å².